The summed E-state index contributed by atoms with van der Waals surface area (Å²) in [5.74, 6) is 0.237. The molecule has 4 nitrogen and oxygen atoms in total. The van der Waals surface area contributed by atoms with Crippen molar-refractivity contribution in [1.82, 2.24) is 9.88 Å². The van der Waals surface area contributed by atoms with Crippen molar-refractivity contribution in [3.8, 4) is 0 Å². The largest absolute Gasteiger partial charge is 0.449 e. The van der Waals surface area contributed by atoms with E-state index in [0.717, 1.165) is 22.0 Å². The number of H-pyrrole nitrogens is 1. The van der Waals surface area contributed by atoms with E-state index in [-0.39, 0.29) is 5.91 Å². The third kappa shape index (κ3) is 1.41. The Morgan fingerprint density at radius 1 is 1.24 bits per heavy atom. The maximum atomic E-state index is 11.8. The maximum Gasteiger partial charge on any atom is 0.289 e. The van der Waals surface area contributed by atoms with Crippen LogP contribution in [0.1, 0.15) is 10.6 Å². The molecule has 17 heavy (non-hydrogen) atoms. The number of nitrogens with zero attached hydrogens (tertiary/aromatic N) is 1. The molecule has 0 saturated heterocycles. The summed E-state index contributed by atoms with van der Waals surface area (Å²) in [6.07, 6.45) is 0. The molecule has 1 N–H and O–H groups in total. The summed E-state index contributed by atoms with van der Waals surface area (Å²) in [5, 5.41) is 1.00. The summed E-state index contributed by atoms with van der Waals surface area (Å²) in [6.45, 7) is 0. The van der Waals surface area contributed by atoms with Crippen LogP contribution in [0, 0.1) is 0 Å². The van der Waals surface area contributed by atoms with Crippen molar-refractivity contribution in [2.75, 3.05) is 14.1 Å². The summed E-state index contributed by atoms with van der Waals surface area (Å²) < 4.78 is 5.62. The number of aromatic amines is 1. The molecule has 0 radical (unpaired) electrons. The SMILES string of the molecule is CN(C)C(=O)c1cc2[nH]c3ccccc3c2o1. The van der Waals surface area contributed by atoms with Crippen LogP contribution in [0.3, 0.4) is 0 Å². The Balaban J connectivity index is 2.23. The van der Waals surface area contributed by atoms with E-state index in [0.29, 0.717) is 5.76 Å². The molecule has 3 aromatic rings. The van der Waals surface area contributed by atoms with Crippen molar-refractivity contribution in [2.45, 2.75) is 0 Å². The van der Waals surface area contributed by atoms with Crippen molar-refractivity contribution >= 4 is 27.9 Å². The van der Waals surface area contributed by atoms with Crippen molar-refractivity contribution < 1.29 is 9.21 Å². The summed E-state index contributed by atoms with van der Waals surface area (Å²) in [5.41, 5.74) is 2.62. The minimum atomic E-state index is -0.126. The number of furan rings is 1. The molecule has 4 heteroatoms. The molecule has 0 bridgehead atoms. The number of fused-ring (bicyclic) bond motifs is 3. The predicted octanol–water partition coefficient (Wildman–Crippen LogP) is 2.62. The highest BCUT2D eigenvalue weighted by molar-refractivity contribution is 6.06. The number of carbonyl (C=O) groups is 1. The van der Waals surface area contributed by atoms with Crippen LogP contribution >= 0.6 is 0 Å². The van der Waals surface area contributed by atoms with Crippen molar-refractivity contribution in [1.29, 1.82) is 0 Å². The Kier molecular flexibility index (Phi) is 1.98. The smallest absolute Gasteiger partial charge is 0.289 e. The van der Waals surface area contributed by atoms with Gasteiger partial charge in [-0.05, 0) is 12.1 Å². The number of amides is 1. The van der Waals surface area contributed by atoms with Crippen LogP contribution in [0.25, 0.3) is 22.0 Å². The van der Waals surface area contributed by atoms with Crippen LogP contribution < -0.4 is 0 Å². The predicted molar refractivity (Wildman–Crippen MR) is 66.1 cm³/mol. The molecular weight excluding hydrogens is 216 g/mol. The van der Waals surface area contributed by atoms with E-state index in [2.05, 4.69) is 4.98 Å². The zero-order valence-corrected chi connectivity index (χ0v) is 9.65. The van der Waals surface area contributed by atoms with Gasteiger partial charge < -0.3 is 14.3 Å². The molecular formula is C13H12N2O2. The highest BCUT2D eigenvalue weighted by Crippen LogP contribution is 2.28. The molecule has 2 aromatic heterocycles. The van der Waals surface area contributed by atoms with Gasteiger partial charge in [0.1, 0.15) is 0 Å². The minimum absolute atomic E-state index is 0.126. The molecule has 0 aliphatic rings. The Bertz CT molecular complexity index is 706. The van der Waals surface area contributed by atoms with Crippen molar-refractivity contribution in [2.24, 2.45) is 0 Å². The lowest BCUT2D eigenvalue weighted by molar-refractivity contribution is 0.0799. The lowest BCUT2D eigenvalue weighted by Gasteiger charge is -2.06. The van der Waals surface area contributed by atoms with Gasteiger partial charge in [-0.3, -0.25) is 4.79 Å². The third-order valence-electron chi connectivity index (χ3n) is 2.79. The average molecular weight is 228 g/mol. The monoisotopic (exact) mass is 228 g/mol. The van der Waals surface area contributed by atoms with E-state index < -0.39 is 0 Å². The fourth-order valence-electron chi connectivity index (χ4n) is 1.94. The second-order valence-corrected chi connectivity index (χ2v) is 4.22. The number of nitrogens with one attached hydrogen (secondary N) is 1. The van der Waals surface area contributed by atoms with Gasteiger partial charge in [0.05, 0.1) is 5.52 Å². The zero-order valence-electron chi connectivity index (χ0n) is 9.65. The number of carbonyl (C=O) groups excluding carboxylic acids is 1. The molecule has 1 amide bonds. The summed E-state index contributed by atoms with van der Waals surface area (Å²) >= 11 is 0. The van der Waals surface area contributed by atoms with Gasteiger partial charge in [0.2, 0.25) is 0 Å². The van der Waals surface area contributed by atoms with Gasteiger partial charge in [-0.1, -0.05) is 12.1 Å². The highest BCUT2D eigenvalue weighted by Gasteiger charge is 2.16. The Hall–Kier alpha value is -2.23. The topological polar surface area (TPSA) is 49.2 Å². The Morgan fingerprint density at radius 3 is 2.76 bits per heavy atom. The van der Waals surface area contributed by atoms with Crippen LogP contribution in [0.5, 0.6) is 0 Å². The minimum Gasteiger partial charge on any atom is -0.449 e. The van der Waals surface area contributed by atoms with Crippen LogP contribution in [0.2, 0.25) is 0 Å². The fourth-order valence-corrected chi connectivity index (χ4v) is 1.94. The second-order valence-electron chi connectivity index (χ2n) is 4.22. The van der Waals surface area contributed by atoms with E-state index in [9.17, 15) is 4.79 Å². The first kappa shape index (κ1) is 9.96. The number of aromatic nitrogens is 1. The van der Waals surface area contributed by atoms with E-state index in [1.54, 1.807) is 20.2 Å². The number of para-hydroxylation sites is 1. The molecule has 0 atom stereocenters. The van der Waals surface area contributed by atoms with Gasteiger partial charge in [0, 0.05) is 31.1 Å². The quantitative estimate of drug-likeness (QED) is 0.696. The third-order valence-corrected chi connectivity index (χ3v) is 2.79. The van der Waals surface area contributed by atoms with Gasteiger partial charge in [-0.2, -0.15) is 0 Å². The normalized spacial score (nSPS) is 11.2. The second kappa shape index (κ2) is 3.38. The van der Waals surface area contributed by atoms with Crippen LogP contribution in [0.4, 0.5) is 0 Å². The van der Waals surface area contributed by atoms with E-state index in [1.165, 1.54) is 4.90 Å². The van der Waals surface area contributed by atoms with Crippen LogP contribution in [-0.4, -0.2) is 29.9 Å². The maximum absolute atomic E-state index is 11.8. The Morgan fingerprint density at radius 2 is 2.00 bits per heavy atom. The molecule has 2 heterocycles. The van der Waals surface area contributed by atoms with Crippen molar-refractivity contribution in [3.05, 3.63) is 36.1 Å². The molecule has 0 unspecified atom stereocenters. The Labute approximate surface area is 97.8 Å². The first-order chi connectivity index (χ1) is 8.16. The number of benzene rings is 1. The van der Waals surface area contributed by atoms with E-state index >= 15 is 0 Å². The molecule has 3 rings (SSSR count). The number of rotatable bonds is 1. The van der Waals surface area contributed by atoms with Gasteiger partial charge in [0.25, 0.3) is 5.91 Å². The summed E-state index contributed by atoms with van der Waals surface area (Å²) in [7, 11) is 3.41. The van der Waals surface area contributed by atoms with Gasteiger partial charge in [-0.15, -0.1) is 0 Å². The summed E-state index contributed by atoms with van der Waals surface area (Å²) in [6, 6.07) is 9.62. The van der Waals surface area contributed by atoms with Gasteiger partial charge in [0.15, 0.2) is 11.3 Å². The molecule has 0 saturated carbocycles. The molecule has 1 aromatic carbocycles. The average Bonchev–Trinajstić information content (AvgIpc) is 2.84. The highest BCUT2D eigenvalue weighted by atomic mass is 16.3. The molecule has 0 fully saturated rings. The molecule has 0 spiro atoms. The fraction of sp³-hybridized carbons (Fsp3) is 0.154. The number of hydrogen-bond acceptors (Lipinski definition) is 2. The molecule has 0 aliphatic carbocycles. The van der Waals surface area contributed by atoms with Gasteiger partial charge >= 0.3 is 0 Å². The molecule has 0 aliphatic heterocycles. The van der Waals surface area contributed by atoms with Gasteiger partial charge in [-0.25, -0.2) is 0 Å². The van der Waals surface area contributed by atoms with Crippen molar-refractivity contribution in [3.63, 3.8) is 0 Å². The number of hydrogen-bond donors (Lipinski definition) is 1. The summed E-state index contributed by atoms with van der Waals surface area (Å²) in [4.78, 5) is 16.5. The van der Waals surface area contributed by atoms with E-state index in [4.69, 9.17) is 4.42 Å². The molecule has 86 valence electrons. The lowest BCUT2D eigenvalue weighted by atomic mass is 10.2. The van der Waals surface area contributed by atoms with E-state index in [1.807, 2.05) is 24.3 Å². The first-order valence-electron chi connectivity index (χ1n) is 5.39. The zero-order chi connectivity index (χ0) is 12.0. The first-order valence-corrected chi connectivity index (χ1v) is 5.39. The van der Waals surface area contributed by atoms with Crippen LogP contribution in [0.15, 0.2) is 34.7 Å². The lowest BCUT2D eigenvalue weighted by Crippen LogP contribution is -2.20. The standard InChI is InChI=1S/C13H12N2O2/c1-15(2)13(16)11-7-10-12(17-11)8-5-3-4-6-9(8)14-10/h3-7,14H,1-2H3. The van der Waals surface area contributed by atoms with Crippen LogP contribution in [-0.2, 0) is 0 Å².